The minimum atomic E-state index is -4.92. The van der Waals surface area contributed by atoms with E-state index in [-0.39, 0.29) is 29.6 Å². The number of nitro benzene ring substituents is 1. The molecule has 1 amide bonds. The molecule has 0 aromatic heterocycles. The summed E-state index contributed by atoms with van der Waals surface area (Å²) in [6, 6.07) is 7.47. The molecule has 0 saturated heterocycles. The van der Waals surface area contributed by atoms with Gasteiger partial charge in [-0.3, -0.25) is 19.7 Å². The van der Waals surface area contributed by atoms with E-state index in [0.717, 1.165) is 24.6 Å². The average Bonchev–Trinajstić information content (AvgIpc) is 2.62. The number of azo groups is 1. The van der Waals surface area contributed by atoms with Crippen LogP contribution < -0.4 is 34.9 Å². The third-order valence-corrected chi connectivity index (χ3v) is 4.58. The van der Waals surface area contributed by atoms with E-state index in [1.807, 2.05) is 0 Å². The number of rotatable bonds is 7. The van der Waals surface area contributed by atoms with Gasteiger partial charge in [0.25, 0.3) is 11.6 Å². The van der Waals surface area contributed by atoms with Gasteiger partial charge in [0.2, 0.25) is 6.04 Å². The molecule has 1 unspecified atom stereocenters. The summed E-state index contributed by atoms with van der Waals surface area (Å²) in [5, 5.41) is 20.8. The van der Waals surface area contributed by atoms with E-state index in [9.17, 15) is 32.7 Å². The van der Waals surface area contributed by atoms with Gasteiger partial charge in [0, 0.05) is 11.8 Å². The first-order valence-corrected chi connectivity index (χ1v) is 9.43. The molecule has 0 bridgehead atoms. The number of hydrogen-bond acceptors (Lipinski definition) is 9. The van der Waals surface area contributed by atoms with Crippen LogP contribution in [0.2, 0.25) is 0 Å². The Balaban J connectivity index is 0.00000450. The van der Waals surface area contributed by atoms with E-state index >= 15 is 0 Å². The Morgan fingerprint density at radius 2 is 1.80 bits per heavy atom. The average molecular weight is 442 g/mol. The third kappa shape index (κ3) is 6.50. The van der Waals surface area contributed by atoms with Crippen LogP contribution in [0.3, 0.4) is 0 Å². The van der Waals surface area contributed by atoms with E-state index < -0.39 is 49.0 Å². The number of anilines is 1. The van der Waals surface area contributed by atoms with Gasteiger partial charge in [0.15, 0.2) is 11.5 Å². The zero-order chi connectivity index (χ0) is 21.8. The molecule has 13 heteroatoms. The molecule has 1 N–H and O–H groups in total. The molecule has 0 aliphatic rings. The summed E-state index contributed by atoms with van der Waals surface area (Å²) in [5.41, 5.74) is -0.0373. The summed E-state index contributed by atoms with van der Waals surface area (Å²) < 4.78 is 33.1. The minimum absolute atomic E-state index is 0. The topological polar surface area (TPSA) is 171 Å². The van der Waals surface area contributed by atoms with Crippen molar-refractivity contribution >= 4 is 38.9 Å². The largest absolute Gasteiger partial charge is 1.00 e. The first-order chi connectivity index (χ1) is 13.5. The number of amides is 1. The van der Waals surface area contributed by atoms with E-state index in [4.69, 9.17) is 0 Å². The fraction of sp³-hybridized carbons (Fsp3) is 0.176. The minimum Gasteiger partial charge on any atom is -0.744 e. The predicted octanol–water partition coefficient (Wildman–Crippen LogP) is -0.509. The molecule has 11 nitrogen and oxygen atoms in total. The second kappa shape index (κ2) is 10.5. The van der Waals surface area contributed by atoms with E-state index in [0.29, 0.717) is 11.8 Å². The van der Waals surface area contributed by atoms with Crippen LogP contribution in [0.25, 0.3) is 0 Å². The van der Waals surface area contributed by atoms with Gasteiger partial charge >= 0.3 is 29.6 Å². The SMILES string of the molecule is CC(=O)C(N=Nc1ccc(S(=O)(=O)[O-])cc1[N+](=O)[O-])C(=O)Nc1ccccc1C.[Na+]. The van der Waals surface area contributed by atoms with Gasteiger partial charge in [-0.15, -0.1) is 5.11 Å². The summed E-state index contributed by atoms with van der Waals surface area (Å²) in [7, 11) is -4.92. The van der Waals surface area contributed by atoms with Gasteiger partial charge in [0.05, 0.1) is 9.82 Å². The van der Waals surface area contributed by atoms with Crippen molar-refractivity contribution in [3.63, 3.8) is 0 Å². The molecule has 152 valence electrons. The molecule has 0 fully saturated rings. The molecule has 0 radical (unpaired) electrons. The number of para-hydroxylation sites is 1. The van der Waals surface area contributed by atoms with Gasteiger partial charge in [-0.1, -0.05) is 18.2 Å². The first kappa shape index (κ1) is 25.5. The van der Waals surface area contributed by atoms with Crippen molar-refractivity contribution in [3.05, 3.63) is 58.1 Å². The summed E-state index contributed by atoms with van der Waals surface area (Å²) in [6.45, 7) is 2.84. The molecule has 2 aromatic rings. The second-order valence-electron chi connectivity index (χ2n) is 5.89. The maximum absolute atomic E-state index is 12.4. The van der Waals surface area contributed by atoms with Crippen LogP contribution in [0.15, 0.2) is 57.6 Å². The first-order valence-electron chi connectivity index (χ1n) is 8.03. The Labute approximate surface area is 193 Å². The summed E-state index contributed by atoms with van der Waals surface area (Å²) >= 11 is 0. The van der Waals surface area contributed by atoms with Crippen molar-refractivity contribution in [1.29, 1.82) is 0 Å². The molecule has 2 aromatic carbocycles. The normalized spacial score (nSPS) is 12.1. The standard InChI is InChI=1S/C17H16N4O7S.Na/c1-10-5-3-4-6-13(10)18-17(23)16(11(2)22)20-19-14-8-7-12(29(26,27)28)9-15(14)21(24)25;/h3-9,16H,1-2H3,(H,18,23)(H,26,27,28);/q;+1/p-1. The Hall–Kier alpha value is -2.51. The number of nitro groups is 1. The third-order valence-electron chi connectivity index (χ3n) is 3.75. The number of benzene rings is 2. The summed E-state index contributed by atoms with van der Waals surface area (Å²) in [5.74, 6) is -1.46. The van der Waals surface area contributed by atoms with Gasteiger partial charge in [-0.2, -0.15) is 5.11 Å². The number of aryl methyl sites for hydroxylation is 1. The van der Waals surface area contributed by atoms with E-state index in [1.165, 1.54) is 0 Å². The van der Waals surface area contributed by atoms with Crippen molar-refractivity contribution in [2.45, 2.75) is 24.8 Å². The number of nitrogens with zero attached hydrogens (tertiary/aromatic N) is 3. The zero-order valence-electron chi connectivity index (χ0n) is 16.2. The van der Waals surface area contributed by atoms with Crippen LogP contribution >= 0.6 is 0 Å². The molecule has 0 aliphatic heterocycles. The molecule has 1 atom stereocenters. The van der Waals surface area contributed by atoms with Crippen molar-refractivity contribution in [2.75, 3.05) is 5.32 Å². The molecule has 2 rings (SSSR count). The number of carbonyl (C=O) groups is 2. The van der Waals surface area contributed by atoms with Crippen LogP contribution in [0, 0.1) is 17.0 Å². The van der Waals surface area contributed by atoms with Gasteiger partial charge < -0.3 is 9.87 Å². The quantitative estimate of drug-likeness (QED) is 0.150. The van der Waals surface area contributed by atoms with Gasteiger partial charge in [-0.25, -0.2) is 8.42 Å². The maximum atomic E-state index is 12.4. The van der Waals surface area contributed by atoms with Crippen molar-refractivity contribution in [1.82, 2.24) is 0 Å². The van der Waals surface area contributed by atoms with E-state index in [1.54, 1.807) is 31.2 Å². The van der Waals surface area contributed by atoms with Gasteiger partial charge in [-0.05, 0) is 37.6 Å². The van der Waals surface area contributed by atoms with Crippen molar-refractivity contribution in [2.24, 2.45) is 10.2 Å². The Morgan fingerprint density at radius 3 is 2.33 bits per heavy atom. The molecule has 0 heterocycles. The van der Waals surface area contributed by atoms with Crippen LogP contribution in [-0.4, -0.2) is 35.6 Å². The smallest absolute Gasteiger partial charge is 0.744 e. The Kier molecular flexibility index (Phi) is 8.93. The fourth-order valence-corrected chi connectivity index (χ4v) is 2.73. The molecule has 0 saturated carbocycles. The molecule has 0 aliphatic carbocycles. The summed E-state index contributed by atoms with van der Waals surface area (Å²) in [4.78, 5) is 33.6. The number of Topliss-reactive ketones (excluding diaryl/α,β-unsaturated/α-hetero) is 1. The second-order valence-corrected chi connectivity index (χ2v) is 7.27. The van der Waals surface area contributed by atoms with Crippen LogP contribution in [-0.2, 0) is 19.7 Å². The summed E-state index contributed by atoms with van der Waals surface area (Å²) in [6.07, 6.45) is 0. The van der Waals surface area contributed by atoms with Crippen LogP contribution in [0.1, 0.15) is 12.5 Å². The number of nitrogens with one attached hydrogen (secondary N) is 1. The molecular formula is C17H15N4NaO7S. The predicted molar refractivity (Wildman–Crippen MR) is 99.9 cm³/mol. The van der Waals surface area contributed by atoms with E-state index in [2.05, 4.69) is 15.5 Å². The molecule has 0 spiro atoms. The number of hydrogen-bond donors (Lipinski definition) is 1. The molecular weight excluding hydrogens is 427 g/mol. The molecule has 30 heavy (non-hydrogen) atoms. The fourth-order valence-electron chi connectivity index (χ4n) is 2.24. The van der Waals surface area contributed by atoms with Gasteiger partial charge in [0.1, 0.15) is 10.1 Å². The number of carbonyl (C=O) groups excluding carboxylic acids is 2. The van der Waals surface area contributed by atoms with Crippen molar-refractivity contribution in [3.8, 4) is 0 Å². The van der Waals surface area contributed by atoms with Crippen LogP contribution in [0.5, 0.6) is 0 Å². The Bertz CT molecular complexity index is 1120. The Morgan fingerprint density at radius 1 is 1.17 bits per heavy atom. The van der Waals surface area contributed by atoms with Crippen molar-refractivity contribution < 1.29 is 57.0 Å². The maximum Gasteiger partial charge on any atom is 1.00 e. The monoisotopic (exact) mass is 442 g/mol. The number of ketones is 1. The van der Waals surface area contributed by atoms with Crippen LogP contribution in [0.4, 0.5) is 17.1 Å². The zero-order valence-corrected chi connectivity index (χ0v) is 19.0.